The molecule has 0 aliphatic heterocycles. The predicted molar refractivity (Wildman–Crippen MR) is 53.0 cm³/mol. The van der Waals surface area contributed by atoms with Gasteiger partial charge in [-0.15, -0.1) is 0 Å². The molecule has 0 unspecified atom stereocenters. The van der Waals surface area contributed by atoms with Crippen LogP contribution >= 0.6 is 0 Å². The highest BCUT2D eigenvalue weighted by Gasteiger charge is 2.25. The van der Waals surface area contributed by atoms with Crippen LogP contribution in [0.4, 0.5) is 0 Å². The van der Waals surface area contributed by atoms with Crippen LogP contribution in [-0.4, -0.2) is 24.1 Å². The standard InChI is InChI=1S/C10H12N2O3/c1-14-9-4-8(15-6-2-3-6)7(5-12-9)10(11)13/h4-6H,2-3H2,1H3,(H2,11,13). The Morgan fingerprint density at radius 1 is 1.60 bits per heavy atom. The zero-order chi connectivity index (χ0) is 10.8. The monoisotopic (exact) mass is 208 g/mol. The Balaban J connectivity index is 2.30. The third kappa shape index (κ3) is 2.18. The van der Waals surface area contributed by atoms with Gasteiger partial charge in [0.15, 0.2) is 0 Å². The fourth-order valence-corrected chi connectivity index (χ4v) is 1.18. The van der Waals surface area contributed by atoms with Gasteiger partial charge in [-0.2, -0.15) is 0 Å². The molecule has 80 valence electrons. The van der Waals surface area contributed by atoms with Gasteiger partial charge in [0, 0.05) is 12.3 Å². The Hall–Kier alpha value is -1.78. The first-order chi connectivity index (χ1) is 7.20. The largest absolute Gasteiger partial charge is 0.489 e. The molecule has 5 heteroatoms. The van der Waals surface area contributed by atoms with Crippen LogP contribution in [0.25, 0.3) is 0 Å². The highest BCUT2D eigenvalue weighted by Crippen LogP contribution is 2.30. The van der Waals surface area contributed by atoms with E-state index >= 15 is 0 Å². The summed E-state index contributed by atoms with van der Waals surface area (Å²) in [5.74, 6) is 0.327. The van der Waals surface area contributed by atoms with Crippen molar-refractivity contribution in [2.45, 2.75) is 18.9 Å². The zero-order valence-corrected chi connectivity index (χ0v) is 8.40. The predicted octanol–water partition coefficient (Wildman–Crippen LogP) is 0.730. The summed E-state index contributed by atoms with van der Waals surface area (Å²) in [6, 6.07) is 1.58. The van der Waals surface area contributed by atoms with E-state index in [4.69, 9.17) is 15.2 Å². The molecule has 1 fully saturated rings. The fraction of sp³-hybridized carbons (Fsp3) is 0.400. The van der Waals surface area contributed by atoms with Crippen molar-refractivity contribution in [2.24, 2.45) is 5.73 Å². The number of nitrogens with zero attached hydrogens (tertiary/aromatic N) is 1. The maximum atomic E-state index is 11.1. The molecule has 1 saturated carbocycles. The molecular weight excluding hydrogens is 196 g/mol. The number of rotatable bonds is 4. The summed E-state index contributed by atoms with van der Waals surface area (Å²) in [6.07, 6.45) is 3.61. The van der Waals surface area contributed by atoms with Crippen molar-refractivity contribution < 1.29 is 14.3 Å². The average molecular weight is 208 g/mol. The normalized spacial score (nSPS) is 14.7. The lowest BCUT2D eigenvalue weighted by atomic mass is 10.2. The molecule has 0 atom stereocenters. The molecule has 15 heavy (non-hydrogen) atoms. The number of hydrogen-bond acceptors (Lipinski definition) is 4. The number of ether oxygens (including phenoxy) is 2. The minimum atomic E-state index is -0.541. The second-order valence-corrected chi connectivity index (χ2v) is 3.40. The molecule has 2 rings (SSSR count). The number of hydrogen-bond donors (Lipinski definition) is 1. The Bertz CT molecular complexity index is 388. The lowest BCUT2D eigenvalue weighted by Gasteiger charge is -2.09. The number of methoxy groups -OCH3 is 1. The highest BCUT2D eigenvalue weighted by atomic mass is 16.5. The maximum absolute atomic E-state index is 11.1. The van der Waals surface area contributed by atoms with Gasteiger partial charge in [-0.25, -0.2) is 4.98 Å². The van der Waals surface area contributed by atoms with Crippen LogP contribution in [0.15, 0.2) is 12.3 Å². The minimum Gasteiger partial charge on any atom is -0.489 e. The van der Waals surface area contributed by atoms with Crippen molar-refractivity contribution in [3.63, 3.8) is 0 Å². The third-order valence-electron chi connectivity index (χ3n) is 2.13. The molecule has 1 amide bonds. The lowest BCUT2D eigenvalue weighted by Crippen LogP contribution is -2.14. The van der Waals surface area contributed by atoms with Gasteiger partial charge >= 0.3 is 0 Å². The maximum Gasteiger partial charge on any atom is 0.254 e. The summed E-state index contributed by atoms with van der Waals surface area (Å²) in [5, 5.41) is 0. The van der Waals surface area contributed by atoms with Crippen molar-refractivity contribution in [3.05, 3.63) is 17.8 Å². The molecule has 0 radical (unpaired) electrons. The van der Waals surface area contributed by atoms with Crippen molar-refractivity contribution in [1.82, 2.24) is 4.98 Å². The molecule has 0 saturated heterocycles. The first kappa shape index (κ1) is 9.76. The molecule has 5 nitrogen and oxygen atoms in total. The summed E-state index contributed by atoms with van der Waals surface area (Å²) in [6.45, 7) is 0. The van der Waals surface area contributed by atoms with Crippen molar-refractivity contribution in [1.29, 1.82) is 0 Å². The number of primary amides is 1. The smallest absolute Gasteiger partial charge is 0.254 e. The van der Waals surface area contributed by atoms with Crippen LogP contribution in [0.5, 0.6) is 11.6 Å². The molecule has 1 heterocycles. The van der Waals surface area contributed by atoms with Crippen LogP contribution < -0.4 is 15.2 Å². The quantitative estimate of drug-likeness (QED) is 0.791. The van der Waals surface area contributed by atoms with Gasteiger partial charge in [-0.05, 0) is 12.8 Å². The van der Waals surface area contributed by atoms with Crippen molar-refractivity contribution in [2.75, 3.05) is 7.11 Å². The Morgan fingerprint density at radius 3 is 2.87 bits per heavy atom. The number of nitrogens with two attached hydrogens (primary N) is 1. The van der Waals surface area contributed by atoms with Gasteiger partial charge in [-0.1, -0.05) is 0 Å². The van der Waals surface area contributed by atoms with Crippen LogP contribution in [0.3, 0.4) is 0 Å². The first-order valence-corrected chi connectivity index (χ1v) is 4.71. The van der Waals surface area contributed by atoms with Gasteiger partial charge in [0.25, 0.3) is 5.91 Å². The van der Waals surface area contributed by atoms with Crippen LogP contribution in [0, 0.1) is 0 Å². The molecule has 2 N–H and O–H groups in total. The molecule has 0 spiro atoms. The summed E-state index contributed by atoms with van der Waals surface area (Å²) >= 11 is 0. The van der Waals surface area contributed by atoms with E-state index in [0.717, 1.165) is 12.8 Å². The summed E-state index contributed by atoms with van der Waals surface area (Å²) in [5.41, 5.74) is 5.50. The molecule has 1 aromatic rings. The number of carbonyl (C=O) groups excluding carboxylic acids is 1. The number of pyridine rings is 1. The van der Waals surface area contributed by atoms with Crippen LogP contribution in [0.1, 0.15) is 23.2 Å². The summed E-state index contributed by atoms with van der Waals surface area (Å²) in [4.78, 5) is 15.0. The third-order valence-corrected chi connectivity index (χ3v) is 2.13. The average Bonchev–Trinajstić information content (AvgIpc) is 3.01. The fourth-order valence-electron chi connectivity index (χ4n) is 1.18. The number of aromatic nitrogens is 1. The van der Waals surface area contributed by atoms with Gasteiger partial charge in [-0.3, -0.25) is 4.79 Å². The highest BCUT2D eigenvalue weighted by molar-refractivity contribution is 5.95. The van der Waals surface area contributed by atoms with Crippen LogP contribution in [-0.2, 0) is 0 Å². The van der Waals surface area contributed by atoms with E-state index in [0.29, 0.717) is 17.2 Å². The molecule has 1 aromatic heterocycles. The van der Waals surface area contributed by atoms with E-state index in [-0.39, 0.29) is 6.10 Å². The van der Waals surface area contributed by atoms with E-state index in [1.807, 2.05) is 0 Å². The van der Waals surface area contributed by atoms with Gasteiger partial charge in [0.05, 0.1) is 18.8 Å². The summed E-state index contributed by atoms with van der Waals surface area (Å²) in [7, 11) is 1.51. The molecule has 1 aliphatic carbocycles. The van der Waals surface area contributed by atoms with Gasteiger partial charge in [0.2, 0.25) is 5.88 Å². The Morgan fingerprint density at radius 2 is 2.33 bits per heavy atom. The molecule has 1 aliphatic rings. The summed E-state index contributed by atoms with van der Waals surface area (Å²) < 4.78 is 10.5. The number of carbonyl (C=O) groups is 1. The van der Waals surface area contributed by atoms with E-state index in [1.165, 1.54) is 13.3 Å². The van der Waals surface area contributed by atoms with Crippen LogP contribution in [0.2, 0.25) is 0 Å². The first-order valence-electron chi connectivity index (χ1n) is 4.71. The number of amides is 1. The Labute approximate surface area is 87.2 Å². The topological polar surface area (TPSA) is 74.4 Å². The second kappa shape index (κ2) is 3.76. The molecular formula is C10H12N2O3. The van der Waals surface area contributed by atoms with Crippen molar-refractivity contribution >= 4 is 5.91 Å². The molecule has 0 bridgehead atoms. The van der Waals surface area contributed by atoms with E-state index in [1.54, 1.807) is 6.07 Å². The van der Waals surface area contributed by atoms with E-state index in [2.05, 4.69) is 4.98 Å². The van der Waals surface area contributed by atoms with Crippen molar-refractivity contribution in [3.8, 4) is 11.6 Å². The van der Waals surface area contributed by atoms with Gasteiger partial charge < -0.3 is 15.2 Å². The zero-order valence-electron chi connectivity index (χ0n) is 8.40. The molecule has 0 aromatic carbocycles. The van der Waals surface area contributed by atoms with E-state index < -0.39 is 5.91 Å². The van der Waals surface area contributed by atoms with E-state index in [9.17, 15) is 4.79 Å². The Kier molecular flexibility index (Phi) is 2.45. The lowest BCUT2D eigenvalue weighted by molar-refractivity contribution is 0.0995. The van der Waals surface area contributed by atoms with Gasteiger partial charge in [0.1, 0.15) is 5.75 Å². The SMILES string of the molecule is COc1cc(OC2CC2)c(C(N)=O)cn1. The minimum absolute atomic E-state index is 0.204. The second-order valence-electron chi connectivity index (χ2n) is 3.40.